The number of nitrogens with zero attached hydrogens (tertiary/aromatic N) is 1. The Morgan fingerprint density at radius 2 is 1.78 bits per heavy atom. The molecule has 0 fully saturated rings. The second-order valence-electron chi connectivity index (χ2n) is 7.49. The molecule has 0 aromatic heterocycles. The molecule has 0 saturated heterocycles. The van der Waals surface area contributed by atoms with E-state index in [1.54, 1.807) is 56.3 Å². The summed E-state index contributed by atoms with van der Waals surface area (Å²) in [5.41, 5.74) is 2.58. The van der Waals surface area contributed by atoms with Gasteiger partial charge in [-0.05, 0) is 43.2 Å². The summed E-state index contributed by atoms with van der Waals surface area (Å²) in [7, 11) is -3.46. The minimum Gasteiger partial charge on any atom is -0.326 e. The van der Waals surface area contributed by atoms with Crippen molar-refractivity contribution in [1.82, 2.24) is 0 Å². The summed E-state index contributed by atoms with van der Waals surface area (Å²) in [4.78, 5) is 38.4. The number of carbonyl (C=O) groups is 3. The number of fused-ring (bicyclic) bond motifs is 1. The van der Waals surface area contributed by atoms with Gasteiger partial charge in [-0.15, -0.1) is 0 Å². The third-order valence-corrected chi connectivity index (χ3v) is 6.46. The van der Waals surface area contributed by atoms with Gasteiger partial charge in [0.15, 0.2) is 0 Å². The number of amides is 3. The number of hydrogen-bond donors (Lipinski definition) is 3. The molecule has 3 amide bonds. The first-order valence-corrected chi connectivity index (χ1v) is 11.9. The Morgan fingerprint density at radius 1 is 1.06 bits per heavy atom. The van der Waals surface area contributed by atoms with Crippen LogP contribution in [0.25, 0.3) is 0 Å². The summed E-state index contributed by atoms with van der Waals surface area (Å²) in [5, 5.41) is 5.45. The van der Waals surface area contributed by atoms with Gasteiger partial charge in [0.25, 0.3) is 0 Å². The molecular weight excluding hydrogens is 432 g/mol. The van der Waals surface area contributed by atoms with Crippen LogP contribution in [0.3, 0.4) is 0 Å². The average Bonchev–Trinajstić information content (AvgIpc) is 2.74. The molecule has 0 spiro atoms. The van der Waals surface area contributed by atoms with Crippen LogP contribution in [0.5, 0.6) is 0 Å². The molecule has 0 atom stereocenters. The molecule has 0 bridgehead atoms. The highest BCUT2D eigenvalue weighted by Gasteiger charge is 2.26. The van der Waals surface area contributed by atoms with E-state index in [0.717, 1.165) is 0 Å². The van der Waals surface area contributed by atoms with E-state index in [4.69, 9.17) is 0 Å². The number of hydrogen-bond acceptors (Lipinski definition) is 5. The molecule has 0 unspecified atom stereocenters. The number of rotatable bonds is 8. The number of benzene rings is 2. The molecule has 2 aromatic rings. The monoisotopic (exact) mass is 458 g/mol. The number of nitrogens with one attached hydrogen (secondary N) is 3. The van der Waals surface area contributed by atoms with Crippen molar-refractivity contribution >= 4 is 50.5 Å². The topological polar surface area (TPSA) is 125 Å². The lowest BCUT2D eigenvalue weighted by molar-refractivity contribution is -0.124. The zero-order valence-corrected chi connectivity index (χ0v) is 18.8. The largest absolute Gasteiger partial charge is 0.326 e. The summed E-state index contributed by atoms with van der Waals surface area (Å²) in [6.45, 7) is 3.38. The van der Waals surface area contributed by atoms with Crippen LogP contribution >= 0.6 is 0 Å². The molecule has 1 aliphatic heterocycles. The van der Waals surface area contributed by atoms with Gasteiger partial charge in [0.05, 0.1) is 22.8 Å². The van der Waals surface area contributed by atoms with Crippen molar-refractivity contribution in [2.24, 2.45) is 0 Å². The van der Waals surface area contributed by atoms with E-state index >= 15 is 0 Å². The molecule has 3 rings (SSSR count). The summed E-state index contributed by atoms with van der Waals surface area (Å²) in [6, 6.07) is 11.9. The average molecular weight is 459 g/mol. The van der Waals surface area contributed by atoms with Crippen LogP contribution in [-0.2, 0) is 24.4 Å². The Kier molecular flexibility index (Phi) is 7.14. The first-order valence-electron chi connectivity index (χ1n) is 10.3. The van der Waals surface area contributed by atoms with Crippen molar-refractivity contribution in [2.45, 2.75) is 33.1 Å². The summed E-state index contributed by atoms with van der Waals surface area (Å²) in [5.74, 6) is -1.01. The summed E-state index contributed by atoms with van der Waals surface area (Å²) < 4.78 is 26.6. The van der Waals surface area contributed by atoms with Crippen molar-refractivity contribution in [3.63, 3.8) is 0 Å². The SMILES string of the molecule is CCCS(=O)(=O)Nc1cccc(NC(=O)CCC(=O)N2CC(=O)Nc3ccccc32)c1C. The smallest absolute Gasteiger partial charge is 0.244 e. The minimum atomic E-state index is -3.46. The lowest BCUT2D eigenvalue weighted by atomic mass is 10.1. The zero-order valence-electron chi connectivity index (χ0n) is 18.0. The second kappa shape index (κ2) is 9.82. The fourth-order valence-electron chi connectivity index (χ4n) is 3.39. The van der Waals surface area contributed by atoms with E-state index < -0.39 is 10.0 Å². The lowest BCUT2D eigenvalue weighted by Gasteiger charge is -2.29. The number of anilines is 4. The third-order valence-electron chi connectivity index (χ3n) is 4.98. The molecule has 3 N–H and O–H groups in total. The maximum absolute atomic E-state index is 12.7. The standard InChI is InChI=1S/C22H26N4O5S/c1-3-13-32(30,31)25-17-9-6-8-16(15(17)2)23-20(27)11-12-22(29)26-14-21(28)24-18-7-4-5-10-19(18)26/h4-10,25H,3,11-14H2,1-2H3,(H,23,27)(H,24,28). The molecule has 0 saturated carbocycles. The van der Waals surface area contributed by atoms with Gasteiger partial charge in [-0.3, -0.25) is 19.1 Å². The molecule has 10 heteroatoms. The molecular formula is C22H26N4O5S. The molecule has 32 heavy (non-hydrogen) atoms. The third kappa shape index (κ3) is 5.64. The van der Waals surface area contributed by atoms with Gasteiger partial charge in [-0.25, -0.2) is 8.42 Å². The lowest BCUT2D eigenvalue weighted by Crippen LogP contribution is -2.42. The molecule has 1 heterocycles. The van der Waals surface area contributed by atoms with Gasteiger partial charge in [-0.2, -0.15) is 0 Å². The van der Waals surface area contributed by atoms with E-state index in [1.807, 2.05) is 0 Å². The Morgan fingerprint density at radius 3 is 2.53 bits per heavy atom. The van der Waals surface area contributed by atoms with Crippen LogP contribution in [0.2, 0.25) is 0 Å². The normalized spacial score (nSPS) is 13.2. The molecule has 1 aliphatic rings. The Hall–Kier alpha value is -3.40. The van der Waals surface area contributed by atoms with Crippen molar-refractivity contribution in [1.29, 1.82) is 0 Å². The van der Waals surface area contributed by atoms with Crippen molar-refractivity contribution in [3.8, 4) is 0 Å². The molecule has 0 radical (unpaired) electrons. The maximum atomic E-state index is 12.7. The number of carbonyl (C=O) groups excluding carboxylic acids is 3. The number of sulfonamides is 1. The van der Waals surface area contributed by atoms with Crippen LogP contribution < -0.4 is 20.3 Å². The van der Waals surface area contributed by atoms with Gasteiger partial charge in [0.2, 0.25) is 27.7 Å². The van der Waals surface area contributed by atoms with Gasteiger partial charge >= 0.3 is 0 Å². The van der Waals surface area contributed by atoms with Gasteiger partial charge in [0.1, 0.15) is 6.54 Å². The summed E-state index contributed by atoms with van der Waals surface area (Å²) in [6.07, 6.45) is 0.335. The first-order chi connectivity index (χ1) is 15.2. The molecule has 2 aromatic carbocycles. The van der Waals surface area contributed by atoms with E-state index in [1.165, 1.54) is 4.90 Å². The van der Waals surface area contributed by atoms with Crippen LogP contribution in [0.4, 0.5) is 22.7 Å². The second-order valence-corrected chi connectivity index (χ2v) is 9.33. The van der Waals surface area contributed by atoms with Crippen LogP contribution in [0, 0.1) is 6.92 Å². The maximum Gasteiger partial charge on any atom is 0.244 e. The fourth-order valence-corrected chi connectivity index (χ4v) is 4.59. The van der Waals surface area contributed by atoms with Crippen molar-refractivity contribution in [2.75, 3.05) is 32.6 Å². The van der Waals surface area contributed by atoms with E-state index in [0.29, 0.717) is 34.7 Å². The highest BCUT2D eigenvalue weighted by molar-refractivity contribution is 7.92. The van der Waals surface area contributed by atoms with Crippen LogP contribution in [0.15, 0.2) is 42.5 Å². The van der Waals surface area contributed by atoms with Crippen molar-refractivity contribution < 1.29 is 22.8 Å². The quantitative estimate of drug-likeness (QED) is 0.561. The highest BCUT2D eigenvalue weighted by Crippen LogP contribution is 2.29. The Bertz CT molecular complexity index is 1150. The van der Waals surface area contributed by atoms with E-state index in [2.05, 4.69) is 15.4 Å². The zero-order chi connectivity index (χ0) is 23.3. The van der Waals surface area contributed by atoms with Gasteiger partial charge in [0, 0.05) is 18.5 Å². The predicted molar refractivity (Wildman–Crippen MR) is 124 cm³/mol. The fraction of sp³-hybridized carbons (Fsp3) is 0.318. The van der Waals surface area contributed by atoms with E-state index in [-0.39, 0.29) is 42.9 Å². The van der Waals surface area contributed by atoms with Crippen LogP contribution in [0.1, 0.15) is 31.7 Å². The highest BCUT2D eigenvalue weighted by atomic mass is 32.2. The minimum absolute atomic E-state index is 0.00277. The molecule has 9 nitrogen and oxygen atoms in total. The van der Waals surface area contributed by atoms with Gasteiger partial charge < -0.3 is 15.5 Å². The first kappa shape index (κ1) is 23.3. The van der Waals surface area contributed by atoms with E-state index in [9.17, 15) is 22.8 Å². The van der Waals surface area contributed by atoms with Gasteiger partial charge in [-0.1, -0.05) is 25.1 Å². The Labute approximate surface area is 187 Å². The predicted octanol–water partition coefficient (Wildman–Crippen LogP) is 2.85. The van der Waals surface area contributed by atoms with Crippen LogP contribution in [-0.4, -0.2) is 38.4 Å². The summed E-state index contributed by atoms with van der Waals surface area (Å²) >= 11 is 0. The Balaban J connectivity index is 1.63. The number of para-hydroxylation sites is 2. The van der Waals surface area contributed by atoms with Crippen molar-refractivity contribution in [3.05, 3.63) is 48.0 Å². The molecule has 0 aliphatic carbocycles. The molecule has 170 valence electrons.